The average molecular weight is 1060 g/mol. The molecule has 1 heterocycles. The normalized spacial score (nSPS) is 15.3. The Morgan fingerprint density at radius 2 is 1.00 bits per heavy atom. The smallest absolute Gasteiger partial charge is 0.306 e. The minimum Gasteiger partial charge on any atom is -0.491 e. The summed E-state index contributed by atoms with van der Waals surface area (Å²) < 4.78 is 17.2. The van der Waals surface area contributed by atoms with E-state index in [1.54, 1.807) is 0 Å². The number of carbonyl (C=O) groups excluding carboxylic acids is 1. The number of carbonyl (C=O) groups is 2. The fourth-order valence-corrected chi connectivity index (χ4v) is 11.6. The van der Waals surface area contributed by atoms with Crippen molar-refractivity contribution < 1.29 is 44.2 Å². The molecule has 0 aromatic heterocycles. The van der Waals surface area contributed by atoms with Gasteiger partial charge in [-0.3, -0.25) is 9.59 Å². The summed E-state index contributed by atoms with van der Waals surface area (Å²) in [7, 11) is 0. The van der Waals surface area contributed by atoms with Crippen LogP contribution in [0.1, 0.15) is 228 Å². The molecule has 0 amide bonds. The Morgan fingerprint density at radius 1 is 0.597 bits per heavy atom. The van der Waals surface area contributed by atoms with Crippen LogP contribution in [0.25, 0.3) is 0 Å². The lowest BCUT2D eigenvalue weighted by Gasteiger charge is -2.34. The van der Waals surface area contributed by atoms with Crippen LogP contribution in [0.15, 0.2) is 72.8 Å². The molecule has 0 saturated carbocycles. The van der Waals surface area contributed by atoms with Crippen molar-refractivity contribution in [2.45, 2.75) is 248 Å². The number of aliphatic hydroxyl groups is 3. The number of ether oxygens (including phenoxy) is 3. The number of aryl methyl sites for hydroxylation is 6. The predicted molar refractivity (Wildman–Crippen MR) is 316 cm³/mol. The molecule has 428 valence electrons. The van der Waals surface area contributed by atoms with E-state index >= 15 is 0 Å². The molecule has 2 unspecified atom stereocenters. The van der Waals surface area contributed by atoms with Crippen LogP contribution in [0.3, 0.4) is 0 Å². The molecule has 4 aromatic carbocycles. The standard InChI is InChI=1S/C34H52O5.C34H50O4/c1-8-11-20-33(6,7)31(36)18-13-26-12-14-27(21-24(26)4)34(9-2,10-3)28-15-17-30(25(5)22-28)39-23-29(35)16-19-32(37)38;1-8-11-20-33(6,7)31(35)18-13-26-12-14-27(21-24(26)4)34(9-2,10-3)28-15-17-30(25(5)22-28)37-23-29-16-19-32(36)38-29/h12,14-15,17,21-22,29,31,35-36H,8-11,13,16,18-20,23H2,1-7H3,(H,37,38);12,14-15,17,21-22,29,31,35H,8-11,13,16,18-20,23H2,1-7H3/t2*29-,31?/m00/s1. The number of rotatable bonds is 31. The van der Waals surface area contributed by atoms with Gasteiger partial charge in [-0.25, -0.2) is 0 Å². The number of carboxylic acids is 1. The molecule has 0 radical (unpaired) electrons. The van der Waals surface area contributed by atoms with E-state index in [0.717, 1.165) is 107 Å². The van der Waals surface area contributed by atoms with Crippen LogP contribution in [-0.2, 0) is 38.0 Å². The van der Waals surface area contributed by atoms with E-state index in [1.807, 2.05) is 13.0 Å². The van der Waals surface area contributed by atoms with Crippen LogP contribution in [-0.4, -0.2) is 70.0 Å². The van der Waals surface area contributed by atoms with Gasteiger partial charge in [-0.1, -0.05) is 156 Å². The van der Waals surface area contributed by atoms with Gasteiger partial charge in [0.2, 0.25) is 0 Å². The van der Waals surface area contributed by atoms with Crippen LogP contribution in [0.5, 0.6) is 11.5 Å². The molecule has 1 aliphatic heterocycles. The third-order valence-corrected chi connectivity index (χ3v) is 17.7. The Labute approximate surface area is 466 Å². The molecule has 4 atom stereocenters. The summed E-state index contributed by atoms with van der Waals surface area (Å²) in [6.45, 7) is 31.2. The molecule has 77 heavy (non-hydrogen) atoms. The van der Waals surface area contributed by atoms with Gasteiger partial charge in [0.1, 0.15) is 30.8 Å². The quantitative estimate of drug-likeness (QED) is 0.0362. The van der Waals surface area contributed by atoms with E-state index in [1.165, 1.54) is 50.9 Å². The number of aliphatic carboxylic acids is 1. The number of carboxylic acid groups (broad SMARTS) is 1. The Hall–Kier alpha value is -4.70. The van der Waals surface area contributed by atoms with Crippen molar-refractivity contribution in [3.05, 3.63) is 128 Å². The van der Waals surface area contributed by atoms with E-state index in [0.29, 0.717) is 18.8 Å². The lowest BCUT2D eigenvalue weighted by Crippen LogP contribution is -2.30. The van der Waals surface area contributed by atoms with Gasteiger partial charge in [-0.15, -0.1) is 0 Å². The average Bonchev–Trinajstić information content (AvgIpc) is 3.83. The van der Waals surface area contributed by atoms with Gasteiger partial charge >= 0.3 is 11.9 Å². The van der Waals surface area contributed by atoms with Gasteiger partial charge in [-0.05, 0) is 183 Å². The van der Waals surface area contributed by atoms with E-state index < -0.39 is 12.1 Å². The second-order valence-electron chi connectivity index (χ2n) is 24.0. The molecule has 1 aliphatic rings. The van der Waals surface area contributed by atoms with Gasteiger partial charge in [0.25, 0.3) is 0 Å². The molecule has 0 bridgehead atoms. The summed E-state index contributed by atoms with van der Waals surface area (Å²) in [4.78, 5) is 22.1. The molecule has 5 rings (SSSR count). The zero-order chi connectivity index (χ0) is 57.1. The molecule has 9 nitrogen and oxygen atoms in total. The summed E-state index contributed by atoms with van der Waals surface area (Å²) >= 11 is 0. The van der Waals surface area contributed by atoms with E-state index in [2.05, 4.69) is 157 Å². The van der Waals surface area contributed by atoms with Crippen LogP contribution < -0.4 is 9.47 Å². The van der Waals surface area contributed by atoms with Gasteiger partial charge in [0.15, 0.2) is 0 Å². The van der Waals surface area contributed by atoms with Crippen molar-refractivity contribution in [3.8, 4) is 11.5 Å². The van der Waals surface area contributed by atoms with Crippen molar-refractivity contribution in [2.75, 3.05) is 13.2 Å². The third kappa shape index (κ3) is 17.6. The highest BCUT2D eigenvalue weighted by Crippen LogP contribution is 2.43. The van der Waals surface area contributed by atoms with E-state index in [9.17, 15) is 24.9 Å². The fourth-order valence-electron chi connectivity index (χ4n) is 11.6. The second-order valence-corrected chi connectivity index (χ2v) is 24.0. The number of cyclic esters (lactones) is 1. The maximum Gasteiger partial charge on any atom is 0.306 e. The highest BCUT2D eigenvalue weighted by Gasteiger charge is 2.34. The Kier molecular flexibility index (Phi) is 25.3. The lowest BCUT2D eigenvalue weighted by atomic mass is 9.69. The van der Waals surface area contributed by atoms with Crippen molar-refractivity contribution in [2.24, 2.45) is 10.8 Å². The van der Waals surface area contributed by atoms with Crippen LogP contribution in [0.4, 0.5) is 0 Å². The summed E-state index contributed by atoms with van der Waals surface area (Å²) in [6, 6.07) is 26.6. The maximum atomic E-state index is 11.4. The largest absolute Gasteiger partial charge is 0.491 e. The second kappa shape index (κ2) is 30.0. The first kappa shape index (κ1) is 64.8. The molecular formula is C68H102O9. The predicted octanol–water partition coefficient (Wildman–Crippen LogP) is 15.5. The minimum atomic E-state index is -0.919. The number of hydrogen-bond acceptors (Lipinski definition) is 8. The van der Waals surface area contributed by atoms with Gasteiger partial charge in [0, 0.05) is 23.7 Å². The number of aliphatic hydroxyl groups excluding tert-OH is 3. The summed E-state index contributed by atoms with van der Waals surface area (Å²) in [5.41, 5.74) is 12.2. The minimum absolute atomic E-state index is 0.0429. The third-order valence-electron chi connectivity index (χ3n) is 17.7. The van der Waals surface area contributed by atoms with Crippen molar-refractivity contribution in [1.29, 1.82) is 0 Å². The van der Waals surface area contributed by atoms with E-state index in [4.69, 9.17) is 19.3 Å². The molecule has 0 spiro atoms. The first-order valence-electron chi connectivity index (χ1n) is 29.6. The molecule has 1 saturated heterocycles. The van der Waals surface area contributed by atoms with Crippen molar-refractivity contribution >= 4 is 11.9 Å². The maximum absolute atomic E-state index is 11.4. The topological polar surface area (TPSA) is 143 Å². The van der Waals surface area contributed by atoms with E-state index in [-0.39, 0.29) is 65.4 Å². The van der Waals surface area contributed by atoms with Crippen molar-refractivity contribution in [1.82, 2.24) is 0 Å². The fraction of sp³-hybridized carbons (Fsp3) is 0.618. The van der Waals surface area contributed by atoms with Crippen LogP contribution >= 0.6 is 0 Å². The highest BCUT2D eigenvalue weighted by atomic mass is 16.6. The number of esters is 1. The van der Waals surface area contributed by atoms with Gasteiger partial charge < -0.3 is 34.6 Å². The van der Waals surface area contributed by atoms with Gasteiger partial charge in [-0.2, -0.15) is 0 Å². The molecule has 9 heteroatoms. The Bertz CT molecular complexity index is 2460. The Morgan fingerprint density at radius 3 is 1.35 bits per heavy atom. The van der Waals surface area contributed by atoms with Crippen molar-refractivity contribution in [3.63, 3.8) is 0 Å². The molecule has 1 fully saturated rings. The summed E-state index contributed by atoms with van der Waals surface area (Å²) in [6.07, 6.45) is 13.8. The van der Waals surface area contributed by atoms with Crippen LogP contribution in [0, 0.1) is 38.5 Å². The van der Waals surface area contributed by atoms with Crippen LogP contribution in [0.2, 0.25) is 0 Å². The summed E-state index contributed by atoms with van der Waals surface area (Å²) in [5, 5.41) is 40.6. The molecular weight excluding hydrogens is 961 g/mol. The lowest BCUT2D eigenvalue weighted by molar-refractivity contribution is -0.142. The molecule has 0 aliphatic carbocycles. The number of unbranched alkanes of at least 4 members (excludes halogenated alkanes) is 2. The molecule has 4 aromatic rings. The SMILES string of the molecule is CCCCC(C)(C)C(O)CCc1ccc(C(CC)(CC)c2ccc(OC[C@@H](O)CCC(=O)O)c(C)c2)cc1C.CCCCC(C)(C)C(O)CCc1ccc(C(CC)(CC)c2ccc(OC[C@@H]3CCC(=O)O3)c(C)c2)cc1C. The first-order valence-corrected chi connectivity index (χ1v) is 29.6. The first-order chi connectivity index (χ1) is 36.5. The Balaban J connectivity index is 0.000000333. The molecule has 4 N–H and O–H groups in total. The zero-order valence-electron chi connectivity index (χ0n) is 50.2. The number of benzene rings is 4. The monoisotopic (exact) mass is 1060 g/mol. The number of hydrogen-bond donors (Lipinski definition) is 4. The zero-order valence-corrected chi connectivity index (χ0v) is 50.2. The van der Waals surface area contributed by atoms with Gasteiger partial charge in [0.05, 0.1) is 18.3 Å². The summed E-state index contributed by atoms with van der Waals surface area (Å²) in [5.74, 6) is 0.512. The highest BCUT2D eigenvalue weighted by molar-refractivity contribution is 5.71.